The Labute approximate surface area is 387 Å². The Balaban J connectivity index is 0.000000166. The van der Waals surface area contributed by atoms with Crippen LogP contribution < -0.4 is 18.9 Å². The summed E-state index contributed by atoms with van der Waals surface area (Å²) in [7, 11) is 0. The number of aromatic nitrogens is 1. The molecule has 2 aromatic heterocycles. The molecule has 12 heteroatoms. The number of benzene rings is 4. The van der Waals surface area contributed by atoms with Gasteiger partial charge in [-0.3, -0.25) is 0 Å². The Morgan fingerprint density at radius 2 is 1.38 bits per heavy atom. The second kappa shape index (κ2) is 21.4. The lowest BCUT2D eigenvalue weighted by Crippen LogP contribution is -2.44. The maximum Gasteiger partial charge on any atom is 0.258 e. The van der Waals surface area contributed by atoms with Crippen LogP contribution in [0.1, 0.15) is 114 Å². The van der Waals surface area contributed by atoms with Gasteiger partial charge in [0.15, 0.2) is 11.5 Å². The van der Waals surface area contributed by atoms with Crippen molar-refractivity contribution in [1.29, 1.82) is 0 Å². The van der Waals surface area contributed by atoms with Crippen molar-refractivity contribution in [1.82, 2.24) is 14.5 Å². The molecule has 4 fully saturated rings. The van der Waals surface area contributed by atoms with Crippen molar-refractivity contribution < 1.29 is 33.0 Å². The van der Waals surface area contributed by atoms with E-state index < -0.39 is 0 Å². The molecule has 0 radical (unpaired) electrons. The molecule has 344 valence electrons. The fraction of sp³-hybridized carbons (Fsp3) is 0.444. The van der Waals surface area contributed by atoms with Crippen molar-refractivity contribution in [2.45, 2.75) is 115 Å². The van der Waals surface area contributed by atoms with Crippen LogP contribution in [0.4, 0.5) is 5.88 Å². The van der Waals surface area contributed by atoms with Crippen molar-refractivity contribution >= 4 is 39.9 Å². The van der Waals surface area contributed by atoms with Crippen LogP contribution in [0.15, 0.2) is 106 Å². The van der Waals surface area contributed by atoms with Gasteiger partial charge < -0.3 is 33.2 Å². The zero-order chi connectivity index (χ0) is 45.2. The molecule has 0 amide bonds. The van der Waals surface area contributed by atoms with E-state index >= 15 is 0 Å². The van der Waals surface area contributed by atoms with E-state index in [4.69, 9.17) is 23.4 Å². The molecule has 0 N–H and O–H groups in total. The zero-order valence-corrected chi connectivity index (χ0v) is 38.3. The summed E-state index contributed by atoms with van der Waals surface area (Å²) < 4.78 is 31.7. The Morgan fingerprint density at radius 1 is 0.652 bits per heavy atom. The number of hydrogen-bond donors (Lipinski definition) is 0. The third kappa shape index (κ3) is 10.3. The average molecular weight is 892 g/mol. The number of rotatable bonds is 15. The number of nitrogens with zero attached hydrogens (tertiary/aromatic N) is 5. The summed E-state index contributed by atoms with van der Waals surface area (Å²) in [6.45, 7) is 10.2. The number of para-hydroxylation sites is 2. The van der Waals surface area contributed by atoms with E-state index in [1.807, 2.05) is 85.1 Å². The Bertz CT molecular complexity index is 2700. The molecule has 0 saturated carbocycles. The zero-order valence-electron chi connectivity index (χ0n) is 38.3. The highest BCUT2D eigenvalue weighted by molar-refractivity contribution is 5.88. The molecule has 4 saturated heterocycles. The molecule has 6 aromatic rings. The first-order chi connectivity index (χ1) is 32.5. The average Bonchev–Trinajstić information content (AvgIpc) is 4.07. The number of ether oxygens (including phenoxy) is 4. The minimum Gasteiger partial charge on any atom is -0.493 e. The Hall–Kier alpha value is -6.16. The van der Waals surface area contributed by atoms with Crippen LogP contribution in [0, 0.1) is 0 Å². The van der Waals surface area contributed by atoms with Crippen molar-refractivity contribution in [2.24, 2.45) is 10.1 Å². The molecule has 4 atom stereocenters. The largest absolute Gasteiger partial charge is 0.493 e. The van der Waals surface area contributed by atoms with Gasteiger partial charge in [-0.25, -0.2) is 14.3 Å². The lowest BCUT2D eigenvalue weighted by Gasteiger charge is -2.42. The van der Waals surface area contributed by atoms with Crippen molar-refractivity contribution in [2.75, 3.05) is 39.4 Å². The summed E-state index contributed by atoms with van der Waals surface area (Å²) in [5.41, 5.74) is 3.89. The molecule has 4 aromatic carbocycles. The summed E-state index contributed by atoms with van der Waals surface area (Å²) in [6, 6.07) is 28.5. The second-order valence-electron chi connectivity index (χ2n) is 18.1. The highest BCUT2D eigenvalue weighted by Crippen LogP contribution is 2.46. The monoisotopic (exact) mass is 891 g/mol. The van der Waals surface area contributed by atoms with Gasteiger partial charge in [0.05, 0.1) is 18.7 Å². The number of hydrogen-bond acceptors (Lipinski definition) is 11. The van der Waals surface area contributed by atoms with Gasteiger partial charge in [-0.05, 0) is 168 Å². The first-order valence-corrected chi connectivity index (χ1v) is 24.2. The summed E-state index contributed by atoms with van der Waals surface area (Å²) >= 11 is 0. The Kier molecular flexibility index (Phi) is 14.6. The molecule has 6 heterocycles. The highest BCUT2D eigenvalue weighted by Gasteiger charge is 2.35. The van der Waals surface area contributed by atoms with Crippen LogP contribution in [0.25, 0.3) is 21.9 Å². The molecular formula is C54H61N5O7. The molecule has 4 aliphatic heterocycles. The van der Waals surface area contributed by atoms with E-state index in [0.717, 1.165) is 114 Å². The summed E-state index contributed by atoms with van der Waals surface area (Å²) in [4.78, 5) is 31.4. The number of aliphatic imine (C=N–C) groups is 1. The normalized spacial score (nSPS) is 20.6. The van der Waals surface area contributed by atoms with Gasteiger partial charge in [-0.1, -0.05) is 50.0 Å². The summed E-state index contributed by atoms with van der Waals surface area (Å²) in [5.74, 6) is 5.58. The molecule has 12 nitrogen and oxygen atoms in total. The van der Waals surface area contributed by atoms with E-state index in [0.29, 0.717) is 48.8 Å². The highest BCUT2D eigenvalue weighted by atomic mass is 16.5. The van der Waals surface area contributed by atoms with Gasteiger partial charge in [0.25, 0.3) is 6.08 Å². The van der Waals surface area contributed by atoms with Crippen LogP contribution in [-0.4, -0.2) is 78.1 Å². The van der Waals surface area contributed by atoms with Crippen molar-refractivity contribution in [3.63, 3.8) is 0 Å². The van der Waals surface area contributed by atoms with Crippen LogP contribution in [0.3, 0.4) is 0 Å². The predicted octanol–water partition coefficient (Wildman–Crippen LogP) is 12.8. The number of carbonyl (C=O) groups excluding carboxylic acids is 2. The number of isocyanates is 2. The van der Waals surface area contributed by atoms with Crippen LogP contribution in [-0.2, 0) is 9.59 Å². The summed E-state index contributed by atoms with van der Waals surface area (Å²) in [6.07, 6.45) is 19.2. The molecule has 4 aliphatic rings. The van der Waals surface area contributed by atoms with Crippen LogP contribution in [0.2, 0.25) is 0 Å². The maximum atomic E-state index is 11.2. The maximum absolute atomic E-state index is 11.2. The lowest BCUT2D eigenvalue weighted by atomic mass is 9.81. The summed E-state index contributed by atoms with van der Waals surface area (Å²) in [5, 5.41) is 5.97. The second-order valence-corrected chi connectivity index (χ2v) is 18.1. The third-order valence-electron chi connectivity index (χ3n) is 13.8. The topological polar surface area (TPSA) is 120 Å². The van der Waals surface area contributed by atoms with Crippen LogP contribution in [0.5, 0.6) is 34.5 Å². The molecule has 66 heavy (non-hydrogen) atoms. The Morgan fingerprint density at radius 3 is 2.20 bits per heavy atom. The van der Waals surface area contributed by atoms with Crippen molar-refractivity contribution in [3.8, 4) is 34.5 Å². The number of unbranched alkanes of at least 4 members (excludes halogenated alkanes) is 1. The number of piperidine rings is 3. The van der Waals surface area contributed by atoms with Crippen molar-refractivity contribution in [3.05, 3.63) is 102 Å². The van der Waals surface area contributed by atoms with E-state index in [1.165, 1.54) is 50.8 Å². The van der Waals surface area contributed by atoms with E-state index in [2.05, 4.69) is 39.8 Å². The molecule has 0 spiro atoms. The molecule has 4 unspecified atom stereocenters. The van der Waals surface area contributed by atoms with E-state index in [-0.39, 0.29) is 0 Å². The van der Waals surface area contributed by atoms with E-state index in [1.54, 1.807) is 16.8 Å². The fourth-order valence-corrected chi connectivity index (χ4v) is 10.6. The van der Waals surface area contributed by atoms with Gasteiger partial charge in [0.2, 0.25) is 12.0 Å². The molecular weight excluding hydrogens is 831 g/mol. The lowest BCUT2D eigenvalue weighted by molar-refractivity contribution is 0.0977. The minimum atomic E-state index is 0.304. The third-order valence-corrected chi connectivity index (χ3v) is 13.8. The first-order valence-electron chi connectivity index (χ1n) is 24.2. The quantitative estimate of drug-likeness (QED) is 0.0563. The molecule has 0 bridgehead atoms. The first kappa shape index (κ1) is 45.0. The molecule has 0 aliphatic carbocycles. The molecule has 10 rings (SSSR count). The fourth-order valence-electron chi connectivity index (χ4n) is 10.6. The van der Waals surface area contributed by atoms with Gasteiger partial charge in [-0.2, -0.15) is 0 Å². The SMILES string of the molecule is CCCCOc1cccc(Oc2ccc3oc(N=C=O)c(C4CCN5CCCCC5C4)c3c2)c1.CCCOc1ccccc1Oc1ccc2c(c1)c(C1CCN3CCCC3C1)cn2N=C=O. The standard InChI is InChI=1S/C28H32N2O4.C26H29N3O3/c1-2-3-15-32-22-8-6-9-23(17-22)33-24-10-11-26-25(18-24)27(28(34-26)29-19-31)20-12-14-30-13-5-4-7-21(30)16-20;1-2-14-31-25-7-3-4-8-26(25)32-21-9-10-24-22(16-21)23(17-29(24)27-18-30)19-11-13-28-12-5-6-20(28)15-19/h6,8-11,17-18,20-21H,2-5,7,12-16H2,1H3;3-4,7-10,16-17,19-20H,2,5-6,11-15H2,1H3. The van der Waals surface area contributed by atoms with Gasteiger partial charge in [-0.15, -0.1) is 4.99 Å². The van der Waals surface area contributed by atoms with Gasteiger partial charge in [0, 0.05) is 40.7 Å². The van der Waals surface area contributed by atoms with Crippen LogP contribution >= 0.6 is 0 Å². The smallest absolute Gasteiger partial charge is 0.258 e. The number of furan rings is 1. The van der Waals surface area contributed by atoms with Gasteiger partial charge >= 0.3 is 0 Å². The predicted molar refractivity (Wildman–Crippen MR) is 256 cm³/mol. The van der Waals surface area contributed by atoms with Gasteiger partial charge in [0.1, 0.15) is 28.6 Å². The van der Waals surface area contributed by atoms with E-state index in [9.17, 15) is 9.59 Å². The number of fused-ring (bicyclic) bond motifs is 4. The minimum absolute atomic E-state index is 0.304.